The van der Waals surface area contributed by atoms with E-state index in [0.29, 0.717) is 6.54 Å². The fourth-order valence-corrected chi connectivity index (χ4v) is 3.91. The highest BCUT2D eigenvalue weighted by atomic mass is 32.1. The molecule has 112 valence electrons. The van der Waals surface area contributed by atoms with Gasteiger partial charge in [0, 0.05) is 25.0 Å². The van der Waals surface area contributed by atoms with Crippen LogP contribution in [0.4, 0.5) is 0 Å². The number of carbonyl (C=O) groups is 1. The Hall–Kier alpha value is -1.59. The first kappa shape index (κ1) is 14.4. The predicted octanol–water partition coefficient (Wildman–Crippen LogP) is 2.92. The Bertz CT molecular complexity index is 585. The van der Waals surface area contributed by atoms with Crippen LogP contribution in [0.2, 0.25) is 0 Å². The SMILES string of the molecule is O=C(c1sccc1-n1cccc1)N(CCO)C1CCCC1. The molecule has 4 nitrogen and oxygen atoms in total. The van der Waals surface area contributed by atoms with Gasteiger partial charge in [-0.25, -0.2) is 0 Å². The first-order valence-corrected chi connectivity index (χ1v) is 8.32. The molecule has 0 saturated heterocycles. The van der Waals surface area contributed by atoms with Crippen molar-refractivity contribution in [2.75, 3.05) is 13.2 Å². The number of nitrogens with zero attached hydrogens (tertiary/aromatic N) is 2. The molecule has 2 aromatic heterocycles. The Labute approximate surface area is 128 Å². The maximum absolute atomic E-state index is 12.9. The highest BCUT2D eigenvalue weighted by Crippen LogP contribution is 2.28. The Kier molecular flexibility index (Phi) is 4.41. The second-order valence-corrected chi connectivity index (χ2v) is 6.30. The molecule has 2 heterocycles. The molecule has 0 bridgehead atoms. The van der Waals surface area contributed by atoms with Crippen molar-refractivity contribution in [1.29, 1.82) is 0 Å². The number of aromatic nitrogens is 1. The van der Waals surface area contributed by atoms with Gasteiger partial charge >= 0.3 is 0 Å². The standard InChI is InChI=1S/C16H20N2O2S/c19-11-10-18(13-5-1-2-6-13)16(20)15-14(7-12-21-15)17-8-3-4-9-17/h3-4,7-9,12-13,19H,1-2,5-6,10-11H2. The van der Waals surface area contributed by atoms with Crippen LogP contribution in [0.25, 0.3) is 5.69 Å². The fraction of sp³-hybridized carbons (Fsp3) is 0.438. The lowest BCUT2D eigenvalue weighted by Gasteiger charge is -2.28. The van der Waals surface area contributed by atoms with Crippen molar-refractivity contribution < 1.29 is 9.90 Å². The van der Waals surface area contributed by atoms with Crippen molar-refractivity contribution in [2.24, 2.45) is 0 Å². The molecule has 0 radical (unpaired) electrons. The maximum atomic E-state index is 12.9. The number of carbonyl (C=O) groups excluding carboxylic acids is 1. The summed E-state index contributed by atoms with van der Waals surface area (Å²) in [5, 5.41) is 11.3. The van der Waals surface area contributed by atoms with E-state index in [2.05, 4.69) is 0 Å². The van der Waals surface area contributed by atoms with Crippen molar-refractivity contribution >= 4 is 17.2 Å². The number of thiophene rings is 1. The molecule has 1 N–H and O–H groups in total. The van der Waals surface area contributed by atoms with Crippen LogP contribution in [0.1, 0.15) is 35.4 Å². The third-order valence-corrected chi connectivity index (χ3v) is 4.98. The lowest BCUT2D eigenvalue weighted by atomic mass is 10.2. The molecule has 3 rings (SSSR count). The van der Waals surface area contributed by atoms with E-state index in [-0.39, 0.29) is 18.6 Å². The summed E-state index contributed by atoms with van der Waals surface area (Å²) in [4.78, 5) is 15.5. The van der Waals surface area contributed by atoms with E-state index < -0.39 is 0 Å². The third-order valence-electron chi connectivity index (χ3n) is 4.09. The molecule has 1 saturated carbocycles. The largest absolute Gasteiger partial charge is 0.395 e. The van der Waals surface area contributed by atoms with Crippen LogP contribution >= 0.6 is 11.3 Å². The molecule has 1 amide bonds. The summed E-state index contributed by atoms with van der Waals surface area (Å²) in [5.41, 5.74) is 0.927. The molecule has 5 heteroatoms. The van der Waals surface area contributed by atoms with Crippen LogP contribution < -0.4 is 0 Å². The lowest BCUT2D eigenvalue weighted by Crippen LogP contribution is -2.40. The van der Waals surface area contributed by atoms with Crippen molar-refractivity contribution in [3.05, 3.63) is 40.8 Å². The molecule has 1 aliphatic rings. The normalized spacial score (nSPS) is 15.5. The van der Waals surface area contributed by atoms with Crippen molar-refractivity contribution in [3.8, 4) is 5.69 Å². The van der Waals surface area contributed by atoms with Gasteiger partial charge in [-0.15, -0.1) is 11.3 Å². The van der Waals surface area contributed by atoms with Gasteiger partial charge in [0.15, 0.2) is 0 Å². The van der Waals surface area contributed by atoms with Gasteiger partial charge < -0.3 is 14.6 Å². The van der Waals surface area contributed by atoms with Crippen LogP contribution in [0, 0.1) is 0 Å². The Balaban J connectivity index is 1.88. The first-order chi connectivity index (χ1) is 10.3. The first-order valence-electron chi connectivity index (χ1n) is 7.44. The predicted molar refractivity (Wildman–Crippen MR) is 84.0 cm³/mol. The topological polar surface area (TPSA) is 45.5 Å². The number of aliphatic hydroxyl groups excluding tert-OH is 1. The minimum absolute atomic E-state index is 0.0203. The average molecular weight is 304 g/mol. The molecular formula is C16H20N2O2S. The third kappa shape index (κ3) is 2.89. The average Bonchev–Trinajstić information content (AvgIpc) is 3.25. The summed E-state index contributed by atoms with van der Waals surface area (Å²) < 4.78 is 1.97. The monoisotopic (exact) mass is 304 g/mol. The number of aliphatic hydroxyl groups is 1. The Morgan fingerprint density at radius 2 is 2.05 bits per heavy atom. The molecule has 0 atom stereocenters. The summed E-state index contributed by atoms with van der Waals surface area (Å²) in [6.07, 6.45) is 8.35. The Morgan fingerprint density at radius 1 is 1.33 bits per heavy atom. The molecular weight excluding hydrogens is 284 g/mol. The highest BCUT2D eigenvalue weighted by Gasteiger charge is 2.29. The zero-order valence-electron chi connectivity index (χ0n) is 11.9. The van der Waals surface area contributed by atoms with E-state index >= 15 is 0 Å². The van der Waals surface area contributed by atoms with Gasteiger partial charge in [-0.2, -0.15) is 0 Å². The van der Waals surface area contributed by atoms with E-state index in [9.17, 15) is 9.90 Å². The summed E-state index contributed by atoms with van der Waals surface area (Å²) in [6.45, 7) is 0.443. The van der Waals surface area contributed by atoms with Gasteiger partial charge in [0.1, 0.15) is 4.88 Å². The maximum Gasteiger partial charge on any atom is 0.266 e. The van der Waals surface area contributed by atoms with Crippen molar-refractivity contribution in [1.82, 2.24) is 9.47 Å². The highest BCUT2D eigenvalue weighted by molar-refractivity contribution is 7.12. The minimum Gasteiger partial charge on any atom is -0.395 e. The molecule has 2 aromatic rings. The lowest BCUT2D eigenvalue weighted by molar-refractivity contribution is 0.0643. The number of hydrogen-bond acceptors (Lipinski definition) is 3. The summed E-state index contributed by atoms with van der Waals surface area (Å²) in [6, 6.07) is 6.16. The van der Waals surface area contributed by atoms with E-state index in [4.69, 9.17) is 0 Å². The molecule has 0 aliphatic heterocycles. The van der Waals surface area contributed by atoms with Crippen LogP contribution in [0.15, 0.2) is 36.0 Å². The molecule has 1 aliphatic carbocycles. The molecule has 0 spiro atoms. The zero-order valence-corrected chi connectivity index (χ0v) is 12.8. The smallest absolute Gasteiger partial charge is 0.266 e. The second-order valence-electron chi connectivity index (χ2n) is 5.39. The molecule has 1 fully saturated rings. The number of amides is 1. The van der Waals surface area contributed by atoms with Crippen molar-refractivity contribution in [3.63, 3.8) is 0 Å². The van der Waals surface area contributed by atoms with Crippen molar-refractivity contribution in [2.45, 2.75) is 31.7 Å². The molecule has 0 unspecified atom stereocenters. The fourth-order valence-electron chi connectivity index (χ4n) is 3.07. The van der Waals surface area contributed by atoms with E-state index in [1.54, 1.807) is 0 Å². The Morgan fingerprint density at radius 3 is 2.71 bits per heavy atom. The zero-order chi connectivity index (χ0) is 14.7. The summed E-state index contributed by atoms with van der Waals surface area (Å²) in [5.74, 6) is 0.0506. The van der Waals surface area contributed by atoms with Gasteiger partial charge in [-0.05, 0) is 36.4 Å². The number of rotatable bonds is 5. The van der Waals surface area contributed by atoms with Gasteiger partial charge in [0.05, 0.1) is 12.3 Å². The van der Waals surface area contributed by atoms with Gasteiger partial charge in [-0.3, -0.25) is 4.79 Å². The quantitative estimate of drug-likeness (QED) is 0.923. The molecule has 21 heavy (non-hydrogen) atoms. The van der Waals surface area contributed by atoms with Gasteiger partial charge in [-0.1, -0.05) is 12.8 Å². The van der Waals surface area contributed by atoms with Crippen LogP contribution in [-0.4, -0.2) is 39.7 Å². The van der Waals surface area contributed by atoms with Gasteiger partial charge in [0.25, 0.3) is 5.91 Å². The van der Waals surface area contributed by atoms with E-state index in [0.717, 1.165) is 23.4 Å². The number of hydrogen-bond donors (Lipinski definition) is 1. The summed E-state index contributed by atoms with van der Waals surface area (Å²) in [7, 11) is 0. The van der Waals surface area contributed by atoms with E-state index in [1.165, 1.54) is 24.2 Å². The van der Waals surface area contributed by atoms with E-state index in [1.807, 2.05) is 45.4 Å². The second kappa shape index (κ2) is 6.45. The van der Waals surface area contributed by atoms with Crippen LogP contribution in [0.5, 0.6) is 0 Å². The molecule has 0 aromatic carbocycles. The summed E-state index contributed by atoms with van der Waals surface area (Å²) >= 11 is 1.48. The van der Waals surface area contributed by atoms with Crippen LogP contribution in [0.3, 0.4) is 0 Å². The van der Waals surface area contributed by atoms with Crippen LogP contribution in [-0.2, 0) is 0 Å². The van der Waals surface area contributed by atoms with Gasteiger partial charge in [0.2, 0.25) is 0 Å². The minimum atomic E-state index is 0.0203.